The Morgan fingerprint density at radius 1 is 1.31 bits per heavy atom. The molecule has 0 heterocycles. The Kier molecular flexibility index (Phi) is 6.73. The molecule has 0 aliphatic heterocycles. The van der Waals surface area contributed by atoms with Crippen LogP contribution in [-0.2, 0) is 0 Å². The van der Waals surface area contributed by atoms with Gasteiger partial charge in [0, 0.05) is 0 Å². The van der Waals surface area contributed by atoms with Crippen LogP contribution in [0.15, 0.2) is 35.5 Å². The zero-order valence-electron chi connectivity index (χ0n) is 8.80. The van der Waals surface area contributed by atoms with Crippen molar-refractivity contribution in [1.82, 2.24) is 0 Å². The topological polar surface area (TPSA) is 0 Å². The second-order valence-electron chi connectivity index (χ2n) is 3.36. The molecule has 0 heteroatoms. The zero-order valence-corrected chi connectivity index (χ0v) is 8.80. The third-order valence-corrected chi connectivity index (χ3v) is 1.66. The van der Waals surface area contributed by atoms with E-state index < -0.39 is 0 Å². The van der Waals surface area contributed by atoms with Gasteiger partial charge in [-0.1, -0.05) is 35.3 Å². The Labute approximate surface area is 82.0 Å². The number of rotatable bonds is 4. The van der Waals surface area contributed by atoms with E-state index in [1.165, 1.54) is 11.1 Å². The molecule has 0 aliphatic rings. The summed E-state index contributed by atoms with van der Waals surface area (Å²) in [7, 11) is 0. The van der Waals surface area contributed by atoms with Gasteiger partial charge in [0.25, 0.3) is 0 Å². The van der Waals surface area contributed by atoms with Gasteiger partial charge in [0.1, 0.15) is 0 Å². The summed E-state index contributed by atoms with van der Waals surface area (Å²) in [5.74, 6) is 2.46. The Morgan fingerprint density at radius 2 is 2.00 bits per heavy atom. The summed E-state index contributed by atoms with van der Waals surface area (Å²) in [6.45, 7) is 6.37. The third-order valence-electron chi connectivity index (χ3n) is 1.66. The smallest absolute Gasteiger partial charge is 0.0122 e. The highest BCUT2D eigenvalue weighted by molar-refractivity contribution is 5.18. The van der Waals surface area contributed by atoms with Gasteiger partial charge in [-0.05, 0) is 39.7 Å². The van der Waals surface area contributed by atoms with Crippen molar-refractivity contribution < 1.29 is 0 Å². The lowest BCUT2D eigenvalue weighted by Crippen LogP contribution is -1.75. The van der Waals surface area contributed by atoms with E-state index in [0.717, 1.165) is 12.8 Å². The van der Waals surface area contributed by atoms with Crippen LogP contribution in [0.2, 0.25) is 0 Å². The maximum absolute atomic E-state index is 5.08. The van der Waals surface area contributed by atoms with Crippen molar-refractivity contribution in [1.29, 1.82) is 0 Å². The van der Waals surface area contributed by atoms with Gasteiger partial charge >= 0.3 is 0 Å². The molecule has 0 spiro atoms. The molecule has 0 aromatic carbocycles. The summed E-state index contributed by atoms with van der Waals surface area (Å²) >= 11 is 0. The van der Waals surface area contributed by atoms with Crippen LogP contribution in [0.4, 0.5) is 0 Å². The average molecular weight is 174 g/mol. The fraction of sp³-hybridized carbons (Fsp3) is 0.385. The first-order chi connectivity index (χ1) is 6.16. The highest BCUT2D eigenvalue weighted by Gasteiger charge is 1.86. The number of hydrogen-bond acceptors (Lipinski definition) is 0. The summed E-state index contributed by atoms with van der Waals surface area (Å²) in [6, 6.07) is 0. The van der Waals surface area contributed by atoms with E-state index in [9.17, 15) is 0 Å². The Balaban J connectivity index is 3.82. The molecule has 70 valence electrons. The first kappa shape index (κ1) is 11.8. The van der Waals surface area contributed by atoms with E-state index in [2.05, 4.69) is 38.8 Å². The van der Waals surface area contributed by atoms with E-state index in [0.29, 0.717) is 0 Å². The molecule has 0 bridgehead atoms. The fourth-order valence-electron chi connectivity index (χ4n) is 0.940. The minimum Gasteiger partial charge on any atom is -0.115 e. The lowest BCUT2D eigenvalue weighted by atomic mass is 10.1. The predicted molar refractivity (Wildman–Crippen MR) is 60.4 cm³/mol. The normalized spacial score (nSPS) is 11.4. The molecule has 0 saturated carbocycles. The second-order valence-corrected chi connectivity index (χ2v) is 3.36. The first-order valence-corrected chi connectivity index (χ1v) is 4.58. The molecule has 0 unspecified atom stereocenters. The standard InChI is InChI=1S/C13H18/c1-5-6-7-10-13(4)11-8-9-12(2)3/h1,6-7,9-10H,8,11H2,2-4H3/b7-6+,13-10+. The molecular formula is C13H18. The Morgan fingerprint density at radius 3 is 2.54 bits per heavy atom. The quantitative estimate of drug-likeness (QED) is 0.345. The second kappa shape index (κ2) is 7.43. The first-order valence-electron chi connectivity index (χ1n) is 4.58. The number of allylic oxidation sites excluding steroid dienone is 6. The highest BCUT2D eigenvalue weighted by atomic mass is 13.9. The van der Waals surface area contributed by atoms with Gasteiger partial charge in [0.2, 0.25) is 0 Å². The predicted octanol–water partition coefficient (Wildman–Crippen LogP) is 3.87. The number of hydrogen-bond donors (Lipinski definition) is 0. The fourth-order valence-corrected chi connectivity index (χ4v) is 0.940. The molecule has 0 saturated heterocycles. The van der Waals surface area contributed by atoms with Gasteiger partial charge in [-0.2, -0.15) is 0 Å². The molecule has 0 aromatic heterocycles. The molecule has 0 aromatic rings. The van der Waals surface area contributed by atoms with Gasteiger partial charge in [0.15, 0.2) is 0 Å². The van der Waals surface area contributed by atoms with Crippen molar-refractivity contribution in [3.63, 3.8) is 0 Å². The molecule has 0 aliphatic carbocycles. The monoisotopic (exact) mass is 174 g/mol. The zero-order chi connectivity index (χ0) is 10.1. The maximum Gasteiger partial charge on any atom is -0.0122 e. The third kappa shape index (κ3) is 8.69. The van der Waals surface area contributed by atoms with Crippen molar-refractivity contribution >= 4 is 0 Å². The van der Waals surface area contributed by atoms with Gasteiger partial charge in [-0.15, -0.1) is 6.42 Å². The van der Waals surface area contributed by atoms with Crippen LogP contribution >= 0.6 is 0 Å². The van der Waals surface area contributed by atoms with Gasteiger partial charge in [-0.25, -0.2) is 0 Å². The molecule has 0 fully saturated rings. The van der Waals surface area contributed by atoms with Gasteiger partial charge in [0.05, 0.1) is 0 Å². The van der Waals surface area contributed by atoms with E-state index in [-0.39, 0.29) is 0 Å². The van der Waals surface area contributed by atoms with Crippen LogP contribution in [0, 0.1) is 12.3 Å². The van der Waals surface area contributed by atoms with Crippen LogP contribution in [0.1, 0.15) is 33.6 Å². The molecule has 0 nitrogen and oxygen atoms in total. The molecule has 0 rings (SSSR count). The molecule has 0 amide bonds. The summed E-state index contributed by atoms with van der Waals surface area (Å²) < 4.78 is 0. The minimum atomic E-state index is 1.11. The lowest BCUT2D eigenvalue weighted by Gasteiger charge is -1.95. The van der Waals surface area contributed by atoms with E-state index >= 15 is 0 Å². The Bertz CT molecular complexity index is 252. The van der Waals surface area contributed by atoms with Crippen LogP contribution in [0.25, 0.3) is 0 Å². The molecule has 0 radical (unpaired) electrons. The molecule has 0 N–H and O–H groups in total. The summed E-state index contributed by atoms with van der Waals surface area (Å²) in [4.78, 5) is 0. The molecule has 0 atom stereocenters. The summed E-state index contributed by atoms with van der Waals surface area (Å²) in [6.07, 6.45) is 15.3. The van der Waals surface area contributed by atoms with E-state index in [4.69, 9.17) is 6.42 Å². The van der Waals surface area contributed by atoms with Gasteiger partial charge < -0.3 is 0 Å². The minimum absolute atomic E-state index is 1.11. The Hall–Kier alpha value is -1.22. The average Bonchev–Trinajstić information content (AvgIpc) is 2.04. The van der Waals surface area contributed by atoms with Crippen LogP contribution in [0.3, 0.4) is 0 Å². The lowest BCUT2D eigenvalue weighted by molar-refractivity contribution is 0.967. The van der Waals surface area contributed by atoms with E-state index in [1.54, 1.807) is 6.08 Å². The molecule has 13 heavy (non-hydrogen) atoms. The summed E-state index contributed by atoms with van der Waals surface area (Å²) in [5.41, 5.74) is 2.75. The highest BCUT2D eigenvalue weighted by Crippen LogP contribution is 2.06. The van der Waals surface area contributed by atoms with E-state index in [1.807, 2.05) is 6.08 Å². The van der Waals surface area contributed by atoms with Crippen LogP contribution in [0.5, 0.6) is 0 Å². The SMILES string of the molecule is C#C/C=C/C=C(\C)CCC=C(C)C. The van der Waals surface area contributed by atoms with Crippen molar-refractivity contribution in [3.05, 3.63) is 35.5 Å². The van der Waals surface area contributed by atoms with Crippen molar-refractivity contribution in [3.8, 4) is 12.3 Å². The van der Waals surface area contributed by atoms with Crippen molar-refractivity contribution in [2.75, 3.05) is 0 Å². The molecular weight excluding hydrogens is 156 g/mol. The largest absolute Gasteiger partial charge is 0.115 e. The maximum atomic E-state index is 5.08. The van der Waals surface area contributed by atoms with Crippen LogP contribution in [-0.4, -0.2) is 0 Å². The van der Waals surface area contributed by atoms with Crippen LogP contribution < -0.4 is 0 Å². The van der Waals surface area contributed by atoms with Crippen molar-refractivity contribution in [2.45, 2.75) is 33.6 Å². The van der Waals surface area contributed by atoms with Gasteiger partial charge in [-0.3, -0.25) is 0 Å². The number of terminal acetylenes is 1. The summed E-state index contributed by atoms with van der Waals surface area (Å²) in [5, 5.41) is 0. The van der Waals surface area contributed by atoms with Crippen molar-refractivity contribution in [2.24, 2.45) is 0 Å².